The number of nitrogens with zero attached hydrogens (tertiary/aromatic N) is 3. The van der Waals surface area contributed by atoms with Crippen LogP contribution < -0.4 is 0 Å². The van der Waals surface area contributed by atoms with Crippen LogP contribution in [-0.2, 0) is 22.0 Å². The average molecular weight is 327 g/mol. The number of ether oxygens (including phenoxy) is 1. The van der Waals surface area contributed by atoms with Crippen LogP contribution in [0.3, 0.4) is 0 Å². The van der Waals surface area contributed by atoms with Gasteiger partial charge in [0.05, 0.1) is 17.7 Å². The molecule has 1 fully saturated rings. The monoisotopic (exact) mass is 327 g/mol. The van der Waals surface area contributed by atoms with E-state index in [0.717, 1.165) is 24.0 Å². The van der Waals surface area contributed by atoms with Crippen LogP contribution in [0.1, 0.15) is 36.9 Å². The number of hydrogen-bond acceptors (Lipinski definition) is 3. The Hall–Kier alpha value is -2.14. The standard InChI is InChI=1S/C19H25N3O2/c1-15(16-13-20-21(2)14-16)22(3)18(23)19(9-11-24-12-10-19)17-7-5-4-6-8-17/h4-8,13-15H,9-12H2,1-3H3. The highest BCUT2D eigenvalue weighted by Crippen LogP contribution is 2.38. The number of likely N-dealkylation sites (N-methyl/N-ethyl adjacent to an activating group) is 1. The molecule has 5 heteroatoms. The Kier molecular flexibility index (Phi) is 4.71. The van der Waals surface area contributed by atoms with Crippen molar-refractivity contribution in [1.29, 1.82) is 0 Å². The number of aromatic nitrogens is 2. The maximum absolute atomic E-state index is 13.5. The summed E-state index contributed by atoms with van der Waals surface area (Å²) in [5, 5.41) is 4.23. The molecule has 1 aliphatic rings. The summed E-state index contributed by atoms with van der Waals surface area (Å²) in [6.45, 7) is 3.29. The van der Waals surface area contributed by atoms with Crippen LogP contribution in [0.2, 0.25) is 0 Å². The first-order chi connectivity index (χ1) is 11.5. The predicted octanol–water partition coefficient (Wildman–Crippen LogP) is 2.69. The van der Waals surface area contributed by atoms with E-state index in [1.807, 2.05) is 56.5 Å². The van der Waals surface area contributed by atoms with Gasteiger partial charge in [0.1, 0.15) is 0 Å². The minimum Gasteiger partial charge on any atom is -0.381 e. The van der Waals surface area contributed by atoms with E-state index in [9.17, 15) is 4.79 Å². The Morgan fingerprint density at radius 3 is 2.54 bits per heavy atom. The minimum absolute atomic E-state index is 0.0189. The van der Waals surface area contributed by atoms with Gasteiger partial charge in [0.15, 0.2) is 0 Å². The van der Waals surface area contributed by atoms with Gasteiger partial charge in [0.2, 0.25) is 5.91 Å². The fourth-order valence-corrected chi connectivity index (χ4v) is 3.50. The maximum Gasteiger partial charge on any atom is 0.233 e. The molecular formula is C19H25N3O2. The smallest absolute Gasteiger partial charge is 0.233 e. The Balaban J connectivity index is 1.91. The van der Waals surface area contributed by atoms with Gasteiger partial charge in [-0.3, -0.25) is 9.48 Å². The SMILES string of the molecule is CC(c1cnn(C)c1)N(C)C(=O)C1(c2ccccc2)CCOCC1. The molecule has 0 aliphatic carbocycles. The molecule has 1 aromatic carbocycles. The lowest BCUT2D eigenvalue weighted by Crippen LogP contribution is -2.49. The van der Waals surface area contributed by atoms with Crippen molar-refractivity contribution < 1.29 is 9.53 Å². The number of aryl methyl sites for hydroxylation is 1. The molecule has 1 atom stereocenters. The lowest BCUT2D eigenvalue weighted by Gasteiger charge is -2.40. The van der Waals surface area contributed by atoms with Crippen LogP contribution in [-0.4, -0.2) is 40.8 Å². The Morgan fingerprint density at radius 1 is 1.29 bits per heavy atom. The molecule has 3 rings (SSSR count). The van der Waals surface area contributed by atoms with Crippen LogP contribution in [0.15, 0.2) is 42.7 Å². The molecule has 24 heavy (non-hydrogen) atoms. The van der Waals surface area contributed by atoms with E-state index >= 15 is 0 Å². The van der Waals surface area contributed by atoms with Gasteiger partial charge in [-0.05, 0) is 25.3 Å². The van der Waals surface area contributed by atoms with E-state index in [2.05, 4.69) is 17.2 Å². The quantitative estimate of drug-likeness (QED) is 0.867. The van der Waals surface area contributed by atoms with Gasteiger partial charge >= 0.3 is 0 Å². The molecule has 1 aromatic heterocycles. The molecule has 5 nitrogen and oxygen atoms in total. The fourth-order valence-electron chi connectivity index (χ4n) is 3.50. The van der Waals surface area contributed by atoms with Crippen LogP contribution in [0, 0.1) is 0 Å². The van der Waals surface area contributed by atoms with Crippen molar-refractivity contribution in [2.75, 3.05) is 20.3 Å². The highest BCUT2D eigenvalue weighted by atomic mass is 16.5. The van der Waals surface area contributed by atoms with Crippen LogP contribution >= 0.6 is 0 Å². The zero-order chi connectivity index (χ0) is 17.2. The molecule has 2 heterocycles. The van der Waals surface area contributed by atoms with Crippen molar-refractivity contribution in [3.05, 3.63) is 53.9 Å². The maximum atomic E-state index is 13.5. The molecule has 1 unspecified atom stereocenters. The minimum atomic E-state index is -0.495. The molecule has 1 amide bonds. The molecule has 1 saturated heterocycles. The first kappa shape index (κ1) is 16.7. The lowest BCUT2D eigenvalue weighted by atomic mass is 9.73. The Bertz CT molecular complexity index is 690. The van der Waals surface area contributed by atoms with Gasteiger partial charge in [0, 0.05) is 39.1 Å². The summed E-state index contributed by atoms with van der Waals surface area (Å²) < 4.78 is 7.31. The molecule has 0 spiro atoms. The number of hydrogen-bond donors (Lipinski definition) is 0. The van der Waals surface area contributed by atoms with E-state index in [1.54, 1.807) is 4.68 Å². The summed E-state index contributed by atoms with van der Waals surface area (Å²) in [6, 6.07) is 10.1. The second-order valence-electron chi connectivity index (χ2n) is 6.60. The van der Waals surface area contributed by atoms with Crippen molar-refractivity contribution in [3.63, 3.8) is 0 Å². The number of amides is 1. The van der Waals surface area contributed by atoms with E-state index in [1.165, 1.54) is 0 Å². The van der Waals surface area contributed by atoms with Gasteiger partial charge in [-0.15, -0.1) is 0 Å². The lowest BCUT2D eigenvalue weighted by molar-refractivity contribution is -0.142. The first-order valence-electron chi connectivity index (χ1n) is 8.44. The van der Waals surface area contributed by atoms with Gasteiger partial charge in [0.25, 0.3) is 0 Å². The second-order valence-corrected chi connectivity index (χ2v) is 6.60. The van der Waals surface area contributed by atoms with Gasteiger partial charge in [-0.25, -0.2) is 0 Å². The average Bonchev–Trinajstić information content (AvgIpc) is 3.07. The van der Waals surface area contributed by atoms with Crippen molar-refractivity contribution in [3.8, 4) is 0 Å². The van der Waals surface area contributed by atoms with Gasteiger partial charge < -0.3 is 9.64 Å². The summed E-state index contributed by atoms with van der Waals surface area (Å²) >= 11 is 0. The van der Waals surface area contributed by atoms with Crippen molar-refractivity contribution in [1.82, 2.24) is 14.7 Å². The summed E-state index contributed by atoms with van der Waals surface area (Å²) in [6.07, 6.45) is 5.24. The topological polar surface area (TPSA) is 47.4 Å². The highest BCUT2D eigenvalue weighted by molar-refractivity contribution is 5.88. The molecule has 2 aromatic rings. The number of carbonyl (C=O) groups is 1. The normalized spacial score (nSPS) is 18.1. The molecular weight excluding hydrogens is 302 g/mol. The second kappa shape index (κ2) is 6.77. The molecule has 128 valence electrons. The predicted molar refractivity (Wildman–Crippen MR) is 92.6 cm³/mol. The molecule has 0 saturated carbocycles. The summed E-state index contributed by atoms with van der Waals surface area (Å²) in [5.41, 5.74) is 1.64. The van der Waals surface area contributed by atoms with Crippen LogP contribution in [0.4, 0.5) is 0 Å². The molecule has 0 N–H and O–H groups in total. The largest absolute Gasteiger partial charge is 0.381 e. The number of carbonyl (C=O) groups excluding carboxylic acids is 1. The summed E-state index contributed by atoms with van der Waals surface area (Å²) in [7, 11) is 3.78. The molecule has 1 aliphatic heterocycles. The first-order valence-corrected chi connectivity index (χ1v) is 8.44. The van der Waals surface area contributed by atoms with Crippen LogP contribution in [0.5, 0.6) is 0 Å². The van der Waals surface area contributed by atoms with E-state index in [0.29, 0.717) is 13.2 Å². The zero-order valence-electron chi connectivity index (χ0n) is 14.6. The van der Waals surface area contributed by atoms with E-state index < -0.39 is 5.41 Å². The molecule has 0 bridgehead atoms. The number of rotatable bonds is 4. The van der Waals surface area contributed by atoms with Crippen molar-refractivity contribution in [2.24, 2.45) is 7.05 Å². The van der Waals surface area contributed by atoms with Crippen LogP contribution in [0.25, 0.3) is 0 Å². The molecule has 0 radical (unpaired) electrons. The van der Waals surface area contributed by atoms with Gasteiger partial charge in [-0.1, -0.05) is 30.3 Å². The summed E-state index contributed by atoms with van der Waals surface area (Å²) in [4.78, 5) is 15.3. The third-order valence-electron chi connectivity index (χ3n) is 5.19. The van der Waals surface area contributed by atoms with Crippen molar-refractivity contribution in [2.45, 2.75) is 31.2 Å². The highest BCUT2D eigenvalue weighted by Gasteiger charge is 2.44. The third kappa shape index (κ3) is 2.96. The van der Waals surface area contributed by atoms with Crippen molar-refractivity contribution >= 4 is 5.91 Å². The summed E-state index contributed by atoms with van der Waals surface area (Å²) in [5.74, 6) is 0.161. The fraction of sp³-hybridized carbons (Fsp3) is 0.474. The third-order valence-corrected chi connectivity index (χ3v) is 5.19. The van der Waals surface area contributed by atoms with E-state index in [4.69, 9.17) is 4.74 Å². The zero-order valence-corrected chi connectivity index (χ0v) is 14.6. The van der Waals surface area contributed by atoms with E-state index in [-0.39, 0.29) is 11.9 Å². The Morgan fingerprint density at radius 2 is 1.96 bits per heavy atom. The van der Waals surface area contributed by atoms with Gasteiger partial charge in [-0.2, -0.15) is 5.10 Å². The number of benzene rings is 1. The Labute approximate surface area is 143 Å².